The molecule has 7 nitrogen and oxygen atoms in total. The number of hydrogen-bond acceptors (Lipinski definition) is 5. The number of hydrogen-bond donors (Lipinski definition) is 3. The first-order valence-electron chi connectivity index (χ1n) is 6.39. The number of carbonyl (C=O) groups excluding carboxylic acids is 1. The minimum atomic E-state index is -3.68. The van der Waals surface area contributed by atoms with E-state index in [1.165, 1.54) is 19.4 Å². The quantitative estimate of drug-likeness (QED) is 0.642. The maximum absolute atomic E-state index is 12.2. The molecule has 1 aromatic heterocycles. The van der Waals surface area contributed by atoms with E-state index in [-0.39, 0.29) is 23.8 Å². The van der Waals surface area contributed by atoms with Gasteiger partial charge in [-0.1, -0.05) is 6.92 Å². The van der Waals surface area contributed by atoms with Crippen molar-refractivity contribution in [2.45, 2.75) is 24.7 Å². The maximum Gasteiger partial charge on any atom is 0.244 e. The summed E-state index contributed by atoms with van der Waals surface area (Å²) in [5.41, 5.74) is 0.509. The number of aromatic nitrogens is 1. The zero-order valence-corrected chi connectivity index (χ0v) is 12.5. The van der Waals surface area contributed by atoms with Crippen molar-refractivity contribution in [3.8, 4) is 0 Å². The number of anilines is 1. The number of rotatable bonds is 8. The third kappa shape index (κ3) is 4.78. The molecule has 1 rings (SSSR count). The van der Waals surface area contributed by atoms with E-state index in [4.69, 9.17) is 0 Å². The van der Waals surface area contributed by atoms with Crippen LogP contribution in [0, 0.1) is 0 Å². The van der Waals surface area contributed by atoms with Crippen molar-refractivity contribution in [3.63, 3.8) is 0 Å². The Labute approximate surface area is 119 Å². The molecule has 20 heavy (non-hydrogen) atoms. The fourth-order valence-corrected chi connectivity index (χ4v) is 2.66. The molecule has 0 aliphatic rings. The number of nitrogens with zero attached hydrogens (tertiary/aromatic N) is 1. The van der Waals surface area contributed by atoms with Crippen LogP contribution in [0.1, 0.15) is 19.8 Å². The smallest absolute Gasteiger partial charge is 0.244 e. The normalized spacial score (nSPS) is 11.1. The lowest BCUT2D eigenvalue weighted by atomic mass is 10.4. The second kappa shape index (κ2) is 7.81. The van der Waals surface area contributed by atoms with E-state index in [0.717, 1.165) is 6.42 Å². The van der Waals surface area contributed by atoms with Gasteiger partial charge in [-0.25, -0.2) is 13.1 Å². The van der Waals surface area contributed by atoms with Gasteiger partial charge in [-0.2, -0.15) is 0 Å². The zero-order valence-electron chi connectivity index (χ0n) is 11.6. The summed E-state index contributed by atoms with van der Waals surface area (Å²) < 4.78 is 26.7. The first kappa shape index (κ1) is 16.4. The van der Waals surface area contributed by atoms with E-state index in [0.29, 0.717) is 12.2 Å². The second-order valence-electron chi connectivity index (χ2n) is 4.12. The molecule has 0 radical (unpaired) electrons. The predicted molar refractivity (Wildman–Crippen MR) is 76.9 cm³/mol. The van der Waals surface area contributed by atoms with Crippen molar-refractivity contribution in [3.05, 3.63) is 18.5 Å². The fraction of sp³-hybridized carbons (Fsp3) is 0.500. The molecule has 0 aliphatic carbocycles. The Morgan fingerprint density at radius 1 is 1.35 bits per heavy atom. The molecule has 0 aliphatic heterocycles. The average Bonchev–Trinajstić information content (AvgIpc) is 2.45. The molecule has 3 N–H and O–H groups in total. The summed E-state index contributed by atoms with van der Waals surface area (Å²) in [6.45, 7) is 2.71. The molecular weight excluding hydrogens is 280 g/mol. The van der Waals surface area contributed by atoms with Crippen molar-refractivity contribution in [1.82, 2.24) is 15.0 Å². The molecule has 1 heterocycles. The van der Waals surface area contributed by atoms with Crippen molar-refractivity contribution in [1.29, 1.82) is 0 Å². The van der Waals surface area contributed by atoms with Gasteiger partial charge in [0.1, 0.15) is 4.90 Å². The van der Waals surface area contributed by atoms with Crippen LogP contribution in [-0.2, 0) is 14.8 Å². The molecule has 0 saturated heterocycles. The first-order chi connectivity index (χ1) is 9.51. The molecule has 0 saturated carbocycles. The topological polar surface area (TPSA) is 100 Å². The summed E-state index contributed by atoms with van der Waals surface area (Å²) in [5, 5.41) is 5.47. The molecule has 1 aromatic rings. The summed E-state index contributed by atoms with van der Waals surface area (Å²) in [6, 6.07) is 1.61. The fourth-order valence-electron chi connectivity index (χ4n) is 1.50. The molecule has 0 atom stereocenters. The lowest BCUT2D eigenvalue weighted by Crippen LogP contribution is -2.29. The highest BCUT2D eigenvalue weighted by Crippen LogP contribution is 2.19. The van der Waals surface area contributed by atoms with Crippen LogP contribution < -0.4 is 15.4 Å². The highest BCUT2D eigenvalue weighted by atomic mass is 32.2. The van der Waals surface area contributed by atoms with Crippen LogP contribution in [0.25, 0.3) is 0 Å². The van der Waals surface area contributed by atoms with E-state index in [2.05, 4.69) is 20.3 Å². The van der Waals surface area contributed by atoms with Gasteiger partial charge in [0.15, 0.2) is 0 Å². The Balaban J connectivity index is 2.78. The van der Waals surface area contributed by atoms with Crippen LogP contribution in [0.3, 0.4) is 0 Å². The van der Waals surface area contributed by atoms with Crippen molar-refractivity contribution >= 4 is 21.6 Å². The Morgan fingerprint density at radius 3 is 2.75 bits per heavy atom. The molecule has 112 valence electrons. The summed E-state index contributed by atoms with van der Waals surface area (Å²) in [6.07, 6.45) is 3.79. The number of amides is 1. The minimum absolute atomic E-state index is 0.0458. The van der Waals surface area contributed by atoms with Crippen molar-refractivity contribution in [2.75, 3.05) is 25.5 Å². The SMILES string of the molecule is CCCNc1ccncc1S(=O)(=O)NCCC(=O)NC. The predicted octanol–water partition coefficient (Wildman–Crippen LogP) is 0.318. The maximum atomic E-state index is 12.2. The third-order valence-electron chi connectivity index (χ3n) is 2.56. The van der Waals surface area contributed by atoms with E-state index in [1.807, 2.05) is 6.92 Å². The van der Waals surface area contributed by atoms with Crippen LogP contribution >= 0.6 is 0 Å². The van der Waals surface area contributed by atoms with Crippen molar-refractivity contribution < 1.29 is 13.2 Å². The molecule has 1 amide bonds. The molecule has 0 aromatic carbocycles. The van der Waals surface area contributed by atoms with Gasteiger partial charge in [-0.3, -0.25) is 9.78 Å². The van der Waals surface area contributed by atoms with Crippen LogP contribution in [0.2, 0.25) is 0 Å². The van der Waals surface area contributed by atoms with Crippen LogP contribution in [0.4, 0.5) is 5.69 Å². The standard InChI is InChI=1S/C12H20N4O3S/c1-3-6-15-10-4-7-14-9-11(10)20(18,19)16-8-5-12(17)13-2/h4,7,9,16H,3,5-6,8H2,1-2H3,(H,13,17)(H,14,15). The van der Waals surface area contributed by atoms with E-state index < -0.39 is 10.0 Å². The molecule has 0 unspecified atom stereocenters. The number of sulfonamides is 1. The number of nitrogens with one attached hydrogen (secondary N) is 3. The van der Waals surface area contributed by atoms with Gasteiger partial charge in [0.05, 0.1) is 5.69 Å². The molecule has 8 heteroatoms. The van der Waals surface area contributed by atoms with E-state index in [9.17, 15) is 13.2 Å². The monoisotopic (exact) mass is 300 g/mol. The summed E-state index contributed by atoms with van der Waals surface area (Å²) in [5.74, 6) is -0.219. The Morgan fingerprint density at radius 2 is 2.10 bits per heavy atom. The highest BCUT2D eigenvalue weighted by Gasteiger charge is 2.18. The van der Waals surface area contributed by atoms with Gasteiger partial charge >= 0.3 is 0 Å². The second-order valence-corrected chi connectivity index (χ2v) is 5.85. The van der Waals surface area contributed by atoms with Crippen molar-refractivity contribution in [2.24, 2.45) is 0 Å². The van der Waals surface area contributed by atoms with E-state index >= 15 is 0 Å². The summed E-state index contributed by atoms with van der Waals surface area (Å²) >= 11 is 0. The molecular formula is C12H20N4O3S. The Bertz CT molecular complexity index is 545. The first-order valence-corrected chi connectivity index (χ1v) is 7.87. The lowest BCUT2D eigenvalue weighted by Gasteiger charge is -2.12. The van der Waals surface area contributed by atoms with Gasteiger partial charge in [0, 0.05) is 39.0 Å². The molecule has 0 spiro atoms. The van der Waals surface area contributed by atoms with Crippen LogP contribution in [-0.4, -0.2) is 39.4 Å². The molecule has 0 bridgehead atoms. The van der Waals surface area contributed by atoms with E-state index in [1.54, 1.807) is 6.07 Å². The Kier molecular flexibility index (Phi) is 6.40. The minimum Gasteiger partial charge on any atom is -0.384 e. The van der Waals surface area contributed by atoms with Crippen LogP contribution in [0.15, 0.2) is 23.4 Å². The average molecular weight is 300 g/mol. The summed E-state index contributed by atoms with van der Waals surface area (Å²) in [4.78, 5) is 15.0. The van der Waals surface area contributed by atoms with Gasteiger partial charge in [-0.15, -0.1) is 0 Å². The third-order valence-corrected chi connectivity index (χ3v) is 4.05. The Hall–Kier alpha value is -1.67. The van der Waals surface area contributed by atoms with Gasteiger partial charge < -0.3 is 10.6 Å². The summed E-state index contributed by atoms with van der Waals surface area (Å²) in [7, 11) is -2.18. The highest BCUT2D eigenvalue weighted by molar-refractivity contribution is 7.89. The number of carbonyl (C=O) groups is 1. The number of pyridine rings is 1. The van der Waals surface area contributed by atoms with Gasteiger partial charge in [-0.05, 0) is 12.5 Å². The largest absolute Gasteiger partial charge is 0.384 e. The zero-order chi connectivity index (χ0) is 15.0. The lowest BCUT2D eigenvalue weighted by molar-refractivity contribution is -0.120. The van der Waals surface area contributed by atoms with Gasteiger partial charge in [0.25, 0.3) is 0 Å². The molecule has 0 fully saturated rings. The van der Waals surface area contributed by atoms with Gasteiger partial charge in [0.2, 0.25) is 15.9 Å². The van der Waals surface area contributed by atoms with Crippen LogP contribution in [0.5, 0.6) is 0 Å².